The normalized spacial score (nSPS) is 23.4. The molecular formula is C16H23N3O. The van der Waals surface area contributed by atoms with E-state index in [2.05, 4.69) is 48.2 Å². The molecule has 0 spiro atoms. The molecule has 1 aromatic carbocycles. The summed E-state index contributed by atoms with van der Waals surface area (Å²) < 4.78 is 6.23. The fourth-order valence-corrected chi connectivity index (χ4v) is 3.13. The predicted molar refractivity (Wildman–Crippen MR) is 81.2 cm³/mol. The topological polar surface area (TPSA) is 41.1 Å². The van der Waals surface area contributed by atoms with Crippen LogP contribution < -0.4 is 4.74 Å². The highest BCUT2D eigenvalue weighted by Gasteiger charge is 2.24. The Hall–Kier alpha value is -1.55. The summed E-state index contributed by atoms with van der Waals surface area (Å²) >= 11 is 0. The first-order chi connectivity index (χ1) is 9.65. The Labute approximate surface area is 120 Å². The van der Waals surface area contributed by atoms with E-state index in [0.29, 0.717) is 12.1 Å². The van der Waals surface area contributed by atoms with Gasteiger partial charge in [-0.15, -0.1) is 0 Å². The quantitative estimate of drug-likeness (QED) is 0.934. The summed E-state index contributed by atoms with van der Waals surface area (Å²) in [7, 11) is 4.34. The van der Waals surface area contributed by atoms with Crippen molar-refractivity contribution in [2.45, 2.75) is 44.8 Å². The minimum absolute atomic E-state index is 0.356. The number of hydrogen-bond donors (Lipinski definition) is 1. The fraction of sp³-hybridized carbons (Fsp3) is 0.562. The lowest BCUT2D eigenvalue weighted by molar-refractivity contribution is 0.111. The maximum absolute atomic E-state index is 6.23. The van der Waals surface area contributed by atoms with Crippen LogP contribution in [-0.2, 0) is 0 Å². The summed E-state index contributed by atoms with van der Waals surface area (Å²) in [6.07, 6.45) is 6.97. The van der Waals surface area contributed by atoms with E-state index in [1.165, 1.54) is 18.4 Å². The van der Waals surface area contributed by atoms with Gasteiger partial charge >= 0.3 is 0 Å². The molecule has 1 saturated carbocycles. The first-order valence-corrected chi connectivity index (χ1v) is 7.41. The summed E-state index contributed by atoms with van der Waals surface area (Å²) in [5.74, 6) is 1.01. The second-order valence-corrected chi connectivity index (χ2v) is 6.03. The number of rotatable bonds is 3. The van der Waals surface area contributed by atoms with E-state index in [1.807, 2.05) is 6.20 Å². The maximum atomic E-state index is 6.23. The molecule has 1 aliphatic rings. The third kappa shape index (κ3) is 2.52. The van der Waals surface area contributed by atoms with Gasteiger partial charge in [-0.1, -0.05) is 0 Å². The van der Waals surface area contributed by atoms with Crippen LogP contribution in [0.4, 0.5) is 0 Å². The van der Waals surface area contributed by atoms with Crippen LogP contribution in [0.2, 0.25) is 0 Å². The first-order valence-electron chi connectivity index (χ1n) is 7.41. The minimum atomic E-state index is 0.356. The number of benzene rings is 1. The molecule has 0 atom stereocenters. The van der Waals surface area contributed by atoms with Crippen molar-refractivity contribution in [3.8, 4) is 5.75 Å². The Morgan fingerprint density at radius 1 is 1.20 bits per heavy atom. The van der Waals surface area contributed by atoms with E-state index in [-0.39, 0.29) is 0 Å². The first kappa shape index (κ1) is 13.4. The van der Waals surface area contributed by atoms with Gasteiger partial charge in [0.25, 0.3) is 0 Å². The van der Waals surface area contributed by atoms with E-state index in [0.717, 1.165) is 29.5 Å². The van der Waals surface area contributed by atoms with E-state index < -0.39 is 0 Å². The van der Waals surface area contributed by atoms with E-state index in [9.17, 15) is 0 Å². The third-order valence-corrected chi connectivity index (χ3v) is 4.51. The van der Waals surface area contributed by atoms with Crippen molar-refractivity contribution in [1.82, 2.24) is 15.1 Å². The second kappa shape index (κ2) is 5.44. The average molecular weight is 273 g/mol. The van der Waals surface area contributed by atoms with Crippen molar-refractivity contribution in [3.05, 3.63) is 23.9 Å². The number of aryl methyl sites for hydroxylation is 1. The molecule has 1 aliphatic carbocycles. The standard InChI is InChI=1S/C16H23N3O/c1-11-14-10-17-18-15(14)8-9-16(11)20-13-6-4-12(5-7-13)19(2)3/h8-10,12-13H,4-7H2,1-3H3,(H,17,18)/t12-,13+. The monoisotopic (exact) mass is 273 g/mol. The van der Waals surface area contributed by atoms with Crippen molar-refractivity contribution >= 4 is 10.9 Å². The van der Waals surface area contributed by atoms with E-state index in [1.54, 1.807) is 0 Å². The molecule has 1 aromatic heterocycles. The molecule has 1 fully saturated rings. The molecule has 1 N–H and O–H groups in total. The molecule has 0 amide bonds. The van der Waals surface area contributed by atoms with Gasteiger partial charge in [-0.2, -0.15) is 5.10 Å². The number of H-pyrrole nitrogens is 1. The highest BCUT2D eigenvalue weighted by Crippen LogP contribution is 2.30. The van der Waals surface area contributed by atoms with Crippen molar-refractivity contribution in [1.29, 1.82) is 0 Å². The van der Waals surface area contributed by atoms with Crippen molar-refractivity contribution < 1.29 is 4.74 Å². The molecule has 108 valence electrons. The number of aromatic nitrogens is 2. The lowest BCUT2D eigenvalue weighted by Crippen LogP contribution is -2.35. The van der Waals surface area contributed by atoms with Crippen molar-refractivity contribution in [2.24, 2.45) is 0 Å². The number of nitrogens with one attached hydrogen (secondary N) is 1. The van der Waals surface area contributed by atoms with Gasteiger partial charge in [-0.25, -0.2) is 0 Å². The summed E-state index contributed by atoms with van der Waals surface area (Å²) in [5, 5.41) is 8.25. The zero-order valence-corrected chi connectivity index (χ0v) is 12.5. The number of ether oxygens (including phenoxy) is 1. The summed E-state index contributed by atoms with van der Waals surface area (Å²) in [6.45, 7) is 2.11. The van der Waals surface area contributed by atoms with Gasteiger partial charge in [-0.3, -0.25) is 5.10 Å². The number of nitrogens with zero attached hydrogens (tertiary/aromatic N) is 2. The molecule has 0 radical (unpaired) electrons. The van der Waals surface area contributed by atoms with Gasteiger partial charge in [0.1, 0.15) is 5.75 Å². The molecule has 4 heteroatoms. The van der Waals surface area contributed by atoms with Crippen molar-refractivity contribution in [2.75, 3.05) is 14.1 Å². The molecule has 0 unspecified atom stereocenters. The molecule has 1 heterocycles. The predicted octanol–water partition coefficient (Wildman–Crippen LogP) is 3.12. The third-order valence-electron chi connectivity index (χ3n) is 4.51. The Bertz CT molecular complexity index is 582. The highest BCUT2D eigenvalue weighted by atomic mass is 16.5. The molecule has 0 saturated heterocycles. The van der Waals surface area contributed by atoms with Crippen LogP contribution in [0.15, 0.2) is 18.3 Å². The Morgan fingerprint density at radius 2 is 1.95 bits per heavy atom. The van der Waals surface area contributed by atoms with Gasteiger partial charge in [0.15, 0.2) is 0 Å². The average Bonchev–Trinajstić information content (AvgIpc) is 2.92. The SMILES string of the molecule is Cc1c(O[C@H]2CC[C@@H](N(C)C)CC2)ccc2[nH]ncc12. The van der Waals surface area contributed by atoms with Gasteiger partial charge in [0.05, 0.1) is 17.8 Å². The van der Waals surface area contributed by atoms with Crippen molar-refractivity contribution in [3.63, 3.8) is 0 Å². The van der Waals surface area contributed by atoms with Gasteiger partial charge < -0.3 is 9.64 Å². The lowest BCUT2D eigenvalue weighted by atomic mass is 9.92. The van der Waals surface area contributed by atoms with Gasteiger partial charge in [0, 0.05) is 17.0 Å². The lowest BCUT2D eigenvalue weighted by Gasteiger charge is -2.33. The van der Waals surface area contributed by atoms with Crippen LogP contribution in [0.5, 0.6) is 5.75 Å². The Morgan fingerprint density at radius 3 is 2.65 bits per heavy atom. The zero-order chi connectivity index (χ0) is 14.1. The molecule has 3 rings (SSSR count). The summed E-state index contributed by atoms with van der Waals surface area (Å²) in [4.78, 5) is 2.33. The molecule has 0 bridgehead atoms. The van der Waals surface area contributed by atoms with Crippen LogP contribution in [0.3, 0.4) is 0 Å². The molecule has 20 heavy (non-hydrogen) atoms. The van der Waals surface area contributed by atoms with Crippen LogP contribution in [-0.4, -0.2) is 41.3 Å². The Kier molecular flexibility index (Phi) is 3.66. The maximum Gasteiger partial charge on any atom is 0.123 e. The van der Waals surface area contributed by atoms with Crippen LogP contribution in [0.25, 0.3) is 10.9 Å². The second-order valence-electron chi connectivity index (χ2n) is 6.03. The summed E-state index contributed by atoms with van der Waals surface area (Å²) in [6, 6.07) is 4.83. The van der Waals surface area contributed by atoms with E-state index >= 15 is 0 Å². The Balaban J connectivity index is 1.69. The molecular weight excluding hydrogens is 250 g/mol. The van der Waals surface area contributed by atoms with Crippen LogP contribution in [0.1, 0.15) is 31.2 Å². The largest absolute Gasteiger partial charge is 0.490 e. The minimum Gasteiger partial charge on any atom is -0.490 e. The van der Waals surface area contributed by atoms with Gasteiger partial charge in [0.2, 0.25) is 0 Å². The zero-order valence-electron chi connectivity index (χ0n) is 12.5. The highest BCUT2D eigenvalue weighted by molar-refractivity contribution is 5.83. The van der Waals surface area contributed by atoms with E-state index in [4.69, 9.17) is 4.74 Å². The fourth-order valence-electron chi connectivity index (χ4n) is 3.13. The number of aromatic amines is 1. The smallest absolute Gasteiger partial charge is 0.123 e. The van der Waals surface area contributed by atoms with Crippen LogP contribution in [0, 0.1) is 6.92 Å². The van der Waals surface area contributed by atoms with Crippen LogP contribution >= 0.6 is 0 Å². The van der Waals surface area contributed by atoms with Gasteiger partial charge in [-0.05, 0) is 58.8 Å². The number of hydrogen-bond acceptors (Lipinski definition) is 3. The summed E-state index contributed by atoms with van der Waals surface area (Å²) in [5.41, 5.74) is 2.26. The molecule has 2 aromatic rings. The molecule has 0 aliphatic heterocycles. The molecule has 4 nitrogen and oxygen atoms in total. The number of fused-ring (bicyclic) bond motifs is 1.